The maximum Gasteiger partial charge on any atom is 0.259 e. The number of nitrogens with one attached hydrogen (secondary N) is 2. The molecule has 2 aromatic rings. The molecule has 0 aliphatic rings. The zero-order valence-electron chi connectivity index (χ0n) is 11.4. The average Bonchev–Trinajstić information content (AvgIpc) is 2.84. The van der Waals surface area contributed by atoms with Crippen LogP contribution >= 0.6 is 0 Å². The number of aromatic nitrogens is 2. The van der Waals surface area contributed by atoms with E-state index in [1.54, 1.807) is 6.92 Å². The minimum absolute atomic E-state index is 0.184. The summed E-state index contributed by atoms with van der Waals surface area (Å²) in [6.45, 7) is 4.08. The molecule has 0 fully saturated rings. The number of rotatable bonds is 2. The number of anilines is 1. The van der Waals surface area contributed by atoms with Gasteiger partial charge in [-0.25, -0.2) is 0 Å². The number of nitrogens with two attached hydrogens (primary N) is 1. The van der Waals surface area contributed by atoms with Crippen LogP contribution in [0.5, 0.6) is 0 Å². The van der Waals surface area contributed by atoms with Crippen molar-refractivity contribution in [2.24, 2.45) is 5.73 Å². The normalized spacial score (nSPS) is 9.75. The van der Waals surface area contributed by atoms with Crippen molar-refractivity contribution in [2.75, 3.05) is 11.9 Å². The van der Waals surface area contributed by atoms with E-state index in [0.29, 0.717) is 12.1 Å². The van der Waals surface area contributed by atoms with E-state index in [0.717, 1.165) is 22.5 Å². The molecule has 0 unspecified atom stereocenters. The van der Waals surface area contributed by atoms with Gasteiger partial charge in [0.15, 0.2) is 0 Å². The Morgan fingerprint density at radius 1 is 1.45 bits per heavy atom. The molecule has 0 spiro atoms. The smallest absolute Gasteiger partial charge is 0.259 e. The third-order valence-corrected chi connectivity index (χ3v) is 2.88. The van der Waals surface area contributed by atoms with Crippen LogP contribution in [0.4, 0.5) is 5.69 Å². The lowest BCUT2D eigenvalue weighted by molar-refractivity contribution is 0.102. The molecule has 1 amide bonds. The molecule has 0 saturated heterocycles. The van der Waals surface area contributed by atoms with Crippen molar-refractivity contribution < 1.29 is 4.79 Å². The number of nitrogens with zero attached hydrogens (tertiary/aromatic N) is 1. The van der Waals surface area contributed by atoms with Crippen molar-refractivity contribution in [1.82, 2.24) is 10.2 Å². The molecule has 4 N–H and O–H groups in total. The summed E-state index contributed by atoms with van der Waals surface area (Å²) in [5.41, 5.74) is 9.26. The first-order chi connectivity index (χ1) is 9.61. The summed E-state index contributed by atoms with van der Waals surface area (Å²) in [4.78, 5) is 12.0. The molecule has 102 valence electrons. The summed E-state index contributed by atoms with van der Waals surface area (Å²) in [6, 6.07) is 5.57. The monoisotopic (exact) mass is 268 g/mol. The Balaban J connectivity index is 2.17. The molecule has 1 heterocycles. The summed E-state index contributed by atoms with van der Waals surface area (Å²) in [5, 5.41) is 9.41. The van der Waals surface area contributed by atoms with Gasteiger partial charge >= 0.3 is 0 Å². The van der Waals surface area contributed by atoms with Crippen molar-refractivity contribution in [2.45, 2.75) is 13.8 Å². The van der Waals surface area contributed by atoms with E-state index in [-0.39, 0.29) is 5.91 Å². The summed E-state index contributed by atoms with van der Waals surface area (Å²) in [5.74, 6) is 5.62. The molecule has 5 heteroatoms. The highest BCUT2D eigenvalue weighted by Crippen LogP contribution is 2.16. The summed E-state index contributed by atoms with van der Waals surface area (Å²) in [7, 11) is 0. The number of benzene rings is 1. The summed E-state index contributed by atoms with van der Waals surface area (Å²) < 4.78 is 0. The second-order valence-corrected chi connectivity index (χ2v) is 4.40. The summed E-state index contributed by atoms with van der Waals surface area (Å²) >= 11 is 0. The Morgan fingerprint density at radius 3 is 2.85 bits per heavy atom. The van der Waals surface area contributed by atoms with Crippen LogP contribution in [0.1, 0.15) is 27.2 Å². The maximum atomic E-state index is 12.0. The number of carbonyl (C=O) groups excluding carboxylic acids is 1. The molecular weight excluding hydrogens is 252 g/mol. The third kappa shape index (κ3) is 3.05. The Labute approximate surface area is 117 Å². The van der Waals surface area contributed by atoms with Gasteiger partial charge in [-0.15, -0.1) is 0 Å². The van der Waals surface area contributed by atoms with Gasteiger partial charge < -0.3 is 11.1 Å². The molecule has 0 radical (unpaired) electrons. The predicted molar refractivity (Wildman–Crippen MR) is 78.4 cm³/mol. The molecule has 5 nitrogen and oxygen atoms in total. The lowest BCUT2D eigenvalue weighted by Crippen LogP contribution is -2.12. The number of hydrogen-bond donors (Lipinski definition) is 3. The number of H-pyrrole nitrogens is 1. The van der Waals surface area contributed by atoms with E-state index in [2.05, 4.69) is 27.4 Å². The van der Waals surface area contributed by atoms with Crippen LogP contribution in [0, 0.1) is 25.7 Å². The molecule has 1 aromatic carbocycles. The highest BCUT2D eigenvalue weighted by atomic mass is 16.1. The van der Waals surface area contributed by atoms with Gasteiger partial charge in [0.1, 0.15) is 0 Å². The minimum atomic E-state index is -0.184. The van der Waals surface area contributed by atoms with Gasteiger partial charge in [0.25, 0.3) is 5.91 Å². The molecule has 1 aromatic heterocycles. The van der Waals surface area contributed by atoms with Gasteiger partial charge in [0.05, 0.1) is 18.3 Å². The molecule has 0 saturated carbocycles. The average molecular weight is 268 g/mol. The van der Waals surface area contributed by atoms with Gasteiger partial charge in [-0.2, -0.15) is 5.10 Å². The van der Waals surface area contributed by atoms with Crippen molar-refractivity contribution in [3.05, 3.63) is 46.8 Å². The fraction of sp³-hybridized carbons (Fsp3) is 0.200. The number of amides is 1. The zero-order valence-corrected chi connectivity index (χ0v) is 11.4. The van der Waals surface area contributed by atoms with Gasteiger partial charge in [-0.3, -0.25) is 9.89 Å². The van der Waals surface area contributed by atoms with E-state index in [1.807, 2.05) is 25.1 Å². The highest BCUT2D eigenvalue weighted by molar-refractivity contribution is 6.04. The van der Waals surface area contributed by atoms with Crippen LogP contribution in [0.25, 0.3) is 0 Å². The van der Waals surface area contributed by atoms with Gasteiger partial charge in [-0.05, 0) is 37.6 Å². The first-order valence-corrected chi connectivity index (χ1v) is 6.22. The zero-order chi connectivity index (χ0) is 14.5. The standard InChI is InChI=1S/C15H16N4O/c1-10-8-13(6-5-12(10)4-3-7-16)18-15(20)14-9-17-19-11(14)2/h5-6,8-9H,7,16H2,1-2H3,(H,17,19)(H,18,20). The fourth-order valence-corrected chi connectivity index (χ4v) is 1.81. The van der Waals surface area contributed by atoms with Crippen molar-refractivity contribution in [3.8, 4) is 11.8 Å². The number of aryl methyl sites for hydroxylation is 2. The lowest BCUT2D eigenvalue weighted by Gasteiger charge is -2.06. The second kappa shape index (κ2) is 6.04. The first-order valence-electron chi connectivity index (χ1n) is 6.22. The highest BCUT2D eigenvalue weighted by Gasteiger charge is 2.11. The quantitative estimate of drug-likeness (QED) is 0.723. The van der Waals surface area contributed by atoms with Gasteiger partial charge in [0.2, 0.25) is 0 Å². The first kappa shape index (κ1) is 13.8. The molecule has 0 aliphatic carbocycles. The maximum absolute atomic E-state index is 12.0. The number of hydrogen-bond acceptors (Lipinski definition) is 3. The SMILES string of the molecule is Cc1cc(NC(=O)c2cn[nH]c2C)ccc1C#CCN. The summed E-state index contributed by atoms with van der Waals surface area (Å²) in [6.07, 6.45) is 1.51. The van der Waals surface area contributed by atoms with E-state index in [1.165, 1.54) is 6.20 Å². The van der Waals surface area contributed by atoms with Crippen LogP contribution in [-0.2, 0) is 0 Å². The molecule has 20 heavy (non-hydrogen) atoms. The molecular formula is C15H16N4O. The number of aromatic amines is 1. The molecule has 2 rings (SSSR count). The Bertz CT molecular complexity index is 691. The molecule has 0 aliphatic heterocycles. The van der Waals surface area contributed by atoms with Crippen LogP contribution in [0.2, 0.25) is 0 Å². The molecule has 0 atom stereocenters. The fourth-order valence-electron chi connectivity index (χ4n) is 1.81. The van der Waals surface area contributed by atoms with Crippen LogP contribution in [0.15, 0.2) is 24.4 Å². The Kier molecular flexibility index (Phi) is 4.18. The van der Waals surface area contributed by atoms with E-state index in [4.69, 9.17) is 5.73 Å². The number of carbonyl (C=O) groups is 1. The van der Waals surface area contributed by atoms with E-state index >= 15 is 0 Å². The van der Waals surface area contributed by atoms with Crippen LogP contribution in [-0.4, -0.2) is 22.6 Å². The predicted octanol–water partition coefficient (Wildman–Crippen LogP) is 1.59. The van der Waals surface area contributed by atoms with Gasteiger partial charge in [-0.1, -0.05) is 11.8 Å². The van der Waals surface area contributed by atoms with Gasteiger partial charge in [0, 0.05) is 16.9 Å². The van der Waals surface area contributed by atoms with Crippen molar-refractivity contribution >= 4 is 11.6 Å². The Morgan fingerprint density at radius 2 is 2.25 bits per heavy atom. The van der Waals surface area contributed by atoms with E-state index in [9.17, 15) is 4.79 Å². The lowest BCUT2D eigenvalue weighted by atomic mass is 10.1. The third-order valence-electron chi connectivity index (χ3n) is 2.88. The van der Waals surface area contributed by atoms with Crippen molar-refractivity contribution in [1.29, 1.82) is 0 Å². The van der Waals surface area contributed by atoms with Crippen LogP contribution in [0.3, 0.4) is 0 Å². The van der Waals surface area contributed by atoms with Crippen LogP contribution < -0.4 is 11.1 Å². The topological polar surface area (TPSA) is 83.8 Å². The minimum Gasteiger partial charge on any atom is -0.322 e. The van der Waals surface area contributed by atoms with E-state index < -0.39 is 0 Å². The van der Waals surface area contributed by atoms with Crippen molar-refractivity contribution in [3.63, 3.8) is 0 Å². The molecule has 0 bridgehead atoms. The second-order valence-electron chi connectivity index (χ2n) is 4.40. The largest absolute Gasteiger partial charge is 0.322 e. The Hall–Kier alpha value is -2.58.